The number of nitrogens with zero attached hydrogens (tertiary/aromatic N) is 1. The van der Waals surface area contributed by atoms with Crippen LogP contribution in [0.5, 0.6) is 11.5 Å². The Morgan fingerprint density at radius 3 is 2.28 bits per heavy atom. The number of hydrogen-bond acceptors (Lipinski definition) is 7. The molecular weight excluding hydrogens is 660 g/mol. The number of nitrogens with one attached hydrogen (secondary N) is 2. The number of carbonyl (C=O) groups excluding carboxylic acids is 3. The lowest BCUT2D eigenvalue weighted by atomic mass is 10.1. The molecule has 39 heavy (non-hydrogen) atoms. The van der Waals surface area contributed by atoms with Gasteiger partial charge in [0.15, 0.2) is 18.1 Å². The van der Waals surface area contributed by atoms with Crippen LogP contribution in [0, 0.1) is 14.9 Å². The molecule has 0 heterocycles. The molecule has 0 atom stereocenters. The maximum Gasteiger partial charge on any atom is 0.337 e. The normalized spacial score (nSPS) is 10.7. The van der Waals surface area contributed by atoms with Crippen molar-refractivity contribution < 1.29 is 28.6 Å². The predicted molar refractivity (Wildman–Crippen MR) is 156 cm³/mol. The van der Waals surface area contributed by atoms with Crippen molar-refractivity contribution in [2.75, 3.05) is 31.5 Å². The van der Waals surface area contributed by atoms with E-state index in [0.29, 0.717) is 47.6 Å². The maximum atomic E-state index is 12.7. The Balaban J connectivity index is 1.71. The highest BCUT2D eigenvalue weighted by Gasteiger charge is 2.16. The van der Waals surface area contributed by atoms with Crippen LogP contribution in [0.1, 0.15) is 15.9 Å². The van der Waals surface area contributed by atoms with Gasteiger partial charge in [0, 0.05) is 11.4 Å². The molecule has 12 heteroatoms. The van der Waals surface area contributed by atoms with Gasteiger partial charge in [-0.2, -0.15) is 5.26 Å². The molecular formula is C27H20Cl2IN3O6. The van der Waals surface area contributed by atoms with E-state index in [9.17, 15) is 19.6 Å². The first kappa shape index (κ1) is 29.8. The number of carbonyl (C=O) groups is 3. The third-order valence-electron chi connectivity index (χ3n) is 5.04. The molecule has 9 nitrogen and oxygen atoms in total. The number of nitriles is 1. The topological polar surface area (TPSA) is 127 Å². The fourth-order valence-corrected chi connectivity index (χ4v) is 4.27. The molecule has 0 bridgehead atoms. The average Bonchev–Trinajstić information content (AvgIpc) is 2.92. The van der Waals surface area contributed by atoms with Crippen molar-refractivity contribution in [1.29, 1.82) is 5.26 Å². The van der Waals surface area contributed by atoms with Gasteiger partial charge in [0.1, 0.15) is 11.6 Å². The fourth-order valence-electron chi connectivity index (χ4n) is 3.19. The third kappa shape index (κ3) is 8.10. The monoisotopic (exact) mass is 679 g/mol. The van der Waals surface area contributed by atoms with E-state index in [0.717, 1.165) is 0 Å². The molecule has 0 saturated carbocycles. The molecule has 0 unspecified atom stereocenters. The number of hydrogen-bond donors (Lipinski definition) is 2. The highest BCUT2D eigenvalue weighted by molar-refractivity contribution is 14.1. The van der Waals surface area contributed by atoms with E-state index in [1.807, 2.05) is 28.7 Å². The van der Waals surface area contributed by atoms with Crippen LogP contribution in [-0.4, -0.2) is 38.6 Å². The number of ether oxygens (including phenoxy) is 3. The van der Waals surface area contributed by atoms with Crippen LogP contribution in [-0.2, 0) is 14.3 Å². The van der Waals surface area contributed by atoms with Crippen molar-refractivity contribution in [3.05, 3.63) is 84.9 Å². The number of amides is 2. The van der Waals surface area contributed by atoms with Crippen molar-refractivity contribution in [2.24, 2.45) is 0 Å². The first-order valence-electron chi connectivity index (χ1n) is 11.0. The van der Waals surface area contributed by atoms with Crippen LogP contribution in [0.3, 0.4) is 0 Å². The Labute approximate surface area is 247 Å². The van der Waals surface area contributed by atoms with Gasteiger partial charge in [-0.15, -0.1) is 0 Å². The second-order valence-corrected chi connectivity index (χ2v) is 9.67. The summed E-state index contributed by atoms with van der Waals surface area (Å²) in [6, 6.07) is 15.9. The number of rotatable bonds is 9. The van der Waals surface area contributed by atoms with E-state index < -0.39 is 17.8 Å². The smallest absolute Gasteiger partial charge is 0.337 e. The van der Waals surface area contributed by atoms with Gasteiger partial charge in [0.25, 0.3) is 11.8 Å². The Bertz CT molecular complexity index is 1490. The summed E-state index contributed by atoms with van der Waals surface area (Å²) in [6.07, 6.45) is 1.39. The average molecular weight is 680 g/mol. The van der Waals surface area contributed by atoms with Gasteiger partial charge < -0.3 is 24.8 Å². The van der Waals surface area contributed by atoms with Crippen molar-refractivity contribution in [3.63, 3.8) is 0 Å². The summed E-state index contributed by atoms with van der Waals surface area (Å²) in [5, 5.41) is 15.5. The number of halogens is 3. The summed E-state index contributed by atoms with van der Waals surface area (Å²) in [5.41, 5.74) is 1.50. The third-order valence-corrected chi connectivity index (χ3v) is 6.58. The van der Waals surface area contributed by atoms with E-state index in [1.54, 1.807) is 24.3 Å². The molecule has 2 amide bonds. The first-order chi connectivity index (χ1) is 18.6. The molecule has 3 aromatic rings. The van der Waals surface area contributed by atoms with Crippen LogP contribution in [0.15, 0.2) is 60.2 Å². The van der Waals surface area contributed by atoms with Crippen LogP contribution in [0.2, 0.25) is 10.0 Å². The zero-order valence-electron chi connectivity index (χ0n) is 20.5. The van der Waals surface area contributed by atoms with Crippen molar-refractivity contribution >= 4 is 81.0 Å². The summed E-state index contributed by atoms with van der Waals surface area (Å²) >= 11 is 13.9. The second kappa shape index (κ2) is 13.8. The molecule has 0 aromatic heterocycles. The Hall–Kier alpha value is -3.79. The van der Waals surface area contributed by atoms with Gasteiger partial charge >= 0.3 is 5.97 Å². The molecule has 3 rings (SSSR count). The molecule has 0 spiro atoms. The highest BCUT2D eigenvalue weighted by atomic mass is 127. The van der Waals surface area contributed by atoms with E-state index >= 15 is 0 Å². The minimum atomic E-state index is -0.642. The molecule has 2 N–H and O–H groups in total. The van der Waals surface area contributed by atoms with Crippen molar-refractivity contribution in [1.82, 2.24) is 0 Å². The van der Waals surface area contributed by atoms with Gasteiger partial charge in [-0.3, -0.25) is 9.59 Å². The van der Waals surface area contributed by atoms with E-state index in [1.165, 1.54) is 50.6 Å². The van der Waals surface area contributed by atoms with E-state index in [-0.39, 0.29) is 12.2 Å². The SMILES string of the molecule is COC(=O)c1ccc(NC(=O)/C(C#N)=C\c2cc(I)c(OCC(=O)Nc3ccc(Cl)c(Cl)c3)c(OC)c2)cc1. The molecule has 3 aromatic carbocycles. The standard InChI is InChI=1S/C27H20Cl2IN3O6/c1-37-23-11-15(9-17(13-31)26(35)33-18-5-3-16(4-6-18)27(36)38-2)10-22(30)25(23)39-14-24(34)32-19-7-8-20(28)21(29)12-19/h3-12H,14H2,1-2H3,(H,32,34)(H,33,35)/b17-9-. The number of methoxy groups -OCH3 is 2. The Morgan fingerprint density at radius 1 is 0.974 bits per heavy atom. The molecule has 0 aliphatic carbocycles. The van der Waals surface area contributed by atoms with Crippen LogP contribution in [0.25, 0.3) is 6.08 Å². The first-order valence-corrected chi connectivity index (χ1v) is 12.9. The van der Waals surface area contributed by atoms with Gasteiger partial charge in [-0.1, -0.05) is 23.2 Å². The summed E-state index contributed by atoms with van der Waals surface area (Å²) in [6.45, 7) is -0.317. The number of esters is 1. The predicted octanol–water partition coefficient (Wildman–Crippen LogP) is 5.96. The quantitative estimate of drug-likeness (QED) is 0.124. The van der Waals surface area contributed by atoms with Gasteiger partial charge in [-0.05, 0) is 88.8 Å². The van der Waals surface area contributed by atoms with Crippen molar-refractivity contribution in [2.45, 2.75) is 0 Å². The number of benzene rings is 3. The van der Waals surface area contributed by atoms with Gasteiger partial charge in [0.2, 0.25) is 0 Å². The molecule has 200 valence electrons. The number of anilines is 2. The zero-order chi connectivity index (χ0) is 28.5. The Kier molecular flexibility index (Phi) is 10.6. The van der Waals surface area contributed by atoms with Gasteiger partial charge in [0.05, 0.1) is 33.4 Å². The summed E-state index contributed by atoms with van der Waals surface area (Å²) < 4.78 is 16.3. The zero-order valence-corrected chi connectivity index (χ0v) is 24.2. The fraction of sp³-hybridized carbons (Fsp3) is 0.111. The van der Waals surface area contributed by atoms with Crippen LogP contribution in [0.4, 0.5) is 11.4 Å². The van der Waals surface area contributed by atoms with E-state index in [4.69, 9.17) is 32.7 Å². The highest BCUT2D eigenvalue weighted by Crippen LogP contribution is 2.35. The molecule has 0 aliphatic rings. The minimum absolute atomic E-state index is 0.167. The van der Waals surface area contributed by atoms with Gasteiger partial charge in [-0.25, -0.2) is 4.79 Å². The van der Waals surface area contributed by atoms with E-state index in [2.05, 4.69) is 15.4 Å². The lowest BCUT2D eigenvalue weighted by molar-refractivity contribution is -0.118. The lowest BCUT2D eigenvalue weighted by Crippen LogP contribution is -2.20. The summed E-state index contributed by atoms with van der Waals surface area (Å²) in [7, 11) is 2.70. The minimum Gasteiger partial charge on any atom is -0.493 e. The van der Waals surface area contributed by atoms with Crippen LogP contribution >= 0.6 is 45.8 Å². The molecule has 0 aliphatic heterocycles. The Morgan fingerprint density at radius 2 is 1.67 bits per heavy atom. The summed E-state index contributed by atoms with van der Waals surface area (Å²) in [5.74, 6) is -0.969. The van der Waals surface area contributed by atoms with Crippen LogP contribution < -0.4 is 20.1 Å². The largest absolute Gasteiger partial charge is 0.493 e. The van der Waals surface area contributed by atoms with Crippen molar-refractivity contribution in [3.8, 4) is 17.6 Å². The molecule has 0 fully saturated rings. The maximum absolute atomic E-state index is 12.7. The molecule has 0 saturated heterocycles. The molecule has 0 radical (unpaired) electrons. The second-order valence-electron chi connectivity index (χ2n) is 7.69. The summed E-state index contributed by atoms with van der Waals surface area (Å²) in [4.78, 5) is 36.6. The lowest BCUT2D eigenvalue weighted by Gasteiger charge is -2.14.